The molecule has 3 aromatic heterocycles. The number of aromatic amines is 2. The number of H-pyrrole nitrogens is 2. The van der Waals surface area contributed by atoms with E-state index in [0.717, 1.165) is 48.5 Å². The van der Waals surface area contributed by atoms with E-state index in [-0.39, 0.29) is 11.3 Å². The van der Waals surface area contributed by atoms with Gasteiger partial charge in [-0.2, -0.15) is 5.10 Å². The summed E-state index contributed by atoms with van der Waals surface area (Å²) in [5, 5.41) is 7.22. The van der Waals surface area contributed by atoms with E-state index in [1.807, 2.05) is 11.0 Å². The van der Waals surface area contributed by atoms with Crippen LogP contribution in [0.15, 0.2) is 24.5 Å². The van der Waals surface area contributed by atoms with E-state index in [1.165, 1.54) is 0 Å². The highest BCUT2D eigenvalue weighted by Gasteiger charge is 2.28. The molecule has 26 heavy (non-hydrogen) atoms. The Bertz CT molecular complexity index is 894. The van der Waals surface area contributed by atoms with Crippen LogP contribution in [-0.4, -0.2) is 49.0 Å². The van der Waals surface area contributed by atoms with Crippen LogP contribution in [0.1, 0.15) is 61.4 Å². The van der Waals surface area contributed by atoms with E-state index >= 15 is 0 Å². The van der Waals surface area contributed by atoms with E-state index in [0.29, 0.717) is 11.6 Å². The Morgan fingerprint density at radius 3 is 2.54 bits per heavy atom. The monoisotopic (exact) mass is 352 g/mol. The molecule has 0 bridgehead atoms. The zero-order valence-corrected chi connectivity index (χ0v) is 15.4. The lowest BCUT2D eigenvalue weighted by Crippen LogP contribution is -2.38. The van der Waals surface area contributed by atoms with Crippen molar-refractivity contribution in [2.75, 3.05) is 13.1 Å². The highest BCUT2D eigenvalue weighted by molar-refractivity contribution is 5.92. The van der Waals surface area contributed by atoms with E-state index in [9.17, 15) is 4.79 Å². The Labute approximate surface area is 152 Å². The lowest BCUT2D eigenvalue weighted by molar-refractivity contribution is 0.0706. The van der Waals surface area contributed by atoms with Crippen LogP contribution in [0.5, 0.6) is 0 Å². The fraction of sp³-hybridized carbons (Fsp3) is 0.474. The van der Waals surface area contributed by atoms with Gasteiger partial charge in [-0.15, -0.1) is 0 Å². The summed E-state index contributed by atoms with van der Waals surface area (Å²) in [6, 6.07) is 3.96. The molecule has 7 heteroatoms. The van der Waals surface area contributed by atoms with Gasteiger partial charge in [0, 0.05) is 48.2 Å². The Kier molecular flexibility index (Phi) is 4.01. The fourth-order valence-corrected chi connectivity index (χ4v) is 3.46. The van der Waals surface area contributed by atoms with Gasteiger partial charge in [-0.1, -0.05) is 20.8 Å². The number of nitrogens with one attached hydrogen (secondary N) is 2. The van der Waals surface area contributed by atoms with Gasteiger partial charge in [0.2, 0.25) is 0 Å². The molecule has 4 rings (SSSR count). The second-order valence-corrected chi connectivity index (χ2v) is 8.00. The van der Waals surface area contributed by atoms with Gasteiger partial charge in [0.15, 0.2) is 5.65 Å². The summed E-state index contributed by atoms with van der Waals surface area (Å²) in [7, 11) is 0. The van der Waals surface area contributed by atoms with Crippen molar-refractivity contribution < 1.29 is 4.79 Å². The standard InChI is InChI=1S/C19H24N6O/c1-19(2,3)16-11-15(23-24-16)18(26)25-8-4-12(5-9-25)13-10-14-17(22-13)21-7-6-20-14/h6-7,10-12H,4-5,8-9H2,1-3H3,(H,21,22)(H,23,24). The molecule has 0 radical (unpaired) electrons. The van der Waals surface area contributed by atoms with Crippen molar-refractivity contribution in [3.05, 3.63) is 41.6 Å². The number of hydrogen-bond donors (Lipinski definition) is 2. The summed E-state index contributed by atoms with van der Waals surface area (Å²) in [5.74, 6) is 0.412. The molecule has 0 unspecified atom stereocenters. The summed E-state index contributed by atoms with van der Waals surface area (Å²) in [5.41, 5.74) is 4.32. The number of carbonyl (C=O) groups excluding carboxylic acids is 1. The average molecular weight is 352 g/mol. The first kappa shape index (κ1) is 16.8. The third kappa shape index (κ3) is 3.09. The SMILES string of the molecule is CC(C)(C)c1cc(C(=O)N2CCC(c3cc4nccnc4[nH]3)CC2)n[nH]1. The van der Waals surface area contributed by atoms with Gasteiger partial charge in [-0.05, 0) is 25.0 Å². The maximum absolute atomic E-state index is 12.7. The van der Waals surface area contributed by atoms with Crippen molar-refractivity contribution in [1.82, 2.24) is 30.0 Å². The number of nitrogens with zero attached hydrogens (tertiary/aromatic N) is 4. The number of carbonyl (C=O) groups is 1. The molecule has 1 aliphatic heterocycles. The molecule has 1 amide bonds. The molecule has 3 aromatic rings. The van der Waals surface area contributed by atoms with Gasteiger partial charge in [0.25, 0.3) is 5.91 Å². The molecule has 4 heterocycles. The number of amides is 1. The largest absolute Gasteiger partial charge is 0.342 e. The summed E-state index contributed by atoms with van der Waals surface area (Å²) < 4.78 is 0. The topological polar surface area (TPSA) is 90.6 Å². The van der Waals surface area contributed by atoms with Crippen LogP contribution in [0, 0.1) is 0 Å². The van der Waals surface area contributed by atoms with Gasteiger partial charge in [0.05, 0.1) is 0 Å². The number of fused-ring (bicyclic) bond motifs is 1. The van der Waals surface area contributed by atoms with Crippen molar-refractivity contribution in [3.8, 4) is 0 Å². The zero-order valence-electron chi connectivity index (χ0n) is 15.4. The quantitative estimate of drug-likeness (QED) is 0.742. The van der Waals surface area contributed by atoms with Gasteiger partial charge in [-0.3, -0.25) is 14.9 Å². The summed E-state index contributed by atoms with van der Waals surface area (Å²) >= 11 is 0. The summed E-state index contributed by atoms with van der Waals surface area (Å²) in [6.45, 7) is 7.77. The molecular formula is C19H24N6O. The highest BCUT2D eigenvalue weighted by Crippen LogP contribution is 2.29. The van der Waals surface area contributed by atoms with E-state index in [2.05, 4.69) is 52.0 Å². The van der Waals surface area contributed by atoms with Gasteiger partial charge >= 0.3 is 0 Å². The molecule has 136 valence electrons. The Balaban J connectivity index is 1.43. The number of likely N-dealkylation sites (tertiary alicyclic amines) is 1. The van der Waals surface area contributed by atoms with Crippen molar-refractivity contribution in [1.29, 1.82) is 0 Å². The van der Waals surface area contributed by atoms with Crippen LogP contribution in [0.4, 0.5) is 0 Å². The van der Waals surface area contributed by atoms with Crippen molar-refractivity contribution in [2.45, 2.75) is 44.9 Å². The van der Waals surface area contributed by atoms with Crippen molar-refractivity contribution >= 4 is 17.1 Å². The van der Waals surface area contributed by atoms with E-state index in [4.69, 9.17) is 0 Å². The Morgan fingerprint density at radius 1 is 1.15 bits per heavy atom. The molecule has 0 atom stereocenters. The van der Waals surface area contributed by atoms with E-state index in [1.54, 1.807) is 12.4 Å². The minimum absolute atomic E-state index is 0.00943. The van der Waals surface area contributed by atoms with Crippen molar-refractivity contribution in [2.24, 2.45) is 0 Å². The number of aromatic nitrogens is 5. The molecule has 1 aliphatic rings. The molecule has 0 saturated carbocycles. The average Bonchev–Trinajstić information content (AvgIpc) is 3.28. The summed E-state index contributed by atoms with van der Waals surface area (Å²) in [6.07, 6.45) is 5.25. The molecule has 2 N–H and O–H groups in total. The number of rotatable bonds is 2. The van der Waals surface area contributed by atoms with Gasteiger partial charge in [-0.25, -0.2) is 4.98 Å². The molecule has 0 aromatic carbocycles. The summed E-state index contributed by atoms with van der Waals surface area (Å²) in [4.78, 5) is 26.6. The molecule has 0 spiro atoms. The van der Waals surface area contributed by atoms with E-state index < -0.39 is 0 Å². The predicted octanol–water partition coefficient (Wildman–Crippen LogP) is 3.00. The second-order valence-electron chi connectivity index (χ2n) is 8.00. The first-order chi connectivity index (χ1) is 12.4. The molecule has 0 aliphatic carbocycles. The fourth-order valence-electron chi connectivity index (χ4n) is 3.46. The minimum Gasteiger partial charge on any atom is -0.342 e. The first-order valence-corrected chi connectivity index (χ1v) is 9.06. The smallest absolute Gasteiger partial charge is 0.274 e. The maximum atomic E-state index is 12.7. The van der Waals surface area contributed by atoms with Crippen LogP contribution in [0.3, 0.4) is 0 Å². The third-order valence-electron chi connectivity index (χ3n) is 5.11. The van der Waals surface area contributed by atoms with Crippen molar-refractivity contribution in [3.63, 3.8) is 0 Å². The number of hydrogen-bond acceptors (Lipinski definition) is 4. The minimum atomic E-state index is -0.0454. The van der Waals surface area contributed by atoms with Crippen LogP contribution < -0.4 is 0 Å². The maximum Gasteiger partial charge on any atom is 0.274 e. The van der Waals surface area contributed by atoms with Gasteiger partial charge in [0.1, 0.15) is 11.2 Å². The lowest BCUT2D eigenvalue weighted by Gasteiger charge is -2.31. The van der Waals surface area contributed by atoms with Crippen LogP contribution in [0.2, 0.25) is 0 Å². The number of piperidine rings is 1. The predicted molar refractivity (Wildman–Crippen MR) is 99.1 cm³/mol. The second kappa shape index (κ2) is 6.23. The molecular weight excluding hydrogens is 328 g/mol. The van der Waals surface area contributed by atoms with Crippen LogP contribution >= 0.6 is 0 Å². The highest BCUT2D eigenvalue weighted by atomic mass is 16.2. The van der Waals surface area contributed by atoms with Crippen LogP contribution in [-0.2, 0) is 5.41 Å². The molecule has 7 nitrogen and oxygen atoms in total. The lowest BCUT2D eigenvalue weighted by atomic mass is 9.92. The van der Waals surface area contributed by atoms with Crippen LogP contribution in [0.25, 0.3) is 11.2 Å². The normalized spacial score (nSPS) is 16.3. The first-order valence-electron chi connectivity index (χ1n) is 9.06. The Morgan fingerprint density at radius 2 is 1.88 bits per heavy atom. The van der Waals surface area contributed by atoms with Gasteiger partial charge < -0.3 is 9.88 Å². The molecule has 1 saturated heterocycles. The Hall–Kier alpha value is -2.70. The molecule has 1 fully saturated rings. The third-order valence-corrected chi connectivity index (χ3v) is 5.11. The zero-order chi connectivity index (χ0) is 18.3.